The van der Waals surface area contributed by atoms with Gasteiger partial charge in [0.2, 0.25) is 11.4 Å². The minimum Gasteiger partial charge on any atom is -0.490 e. The van der Waals surface area contributed by atoms with Crippen molar-refractivity contribution in [3.05, 3.63) is 48.0 Å². The number of anilines is 1. The molecule has 0 unspecified atom stereocenters. The number of nitrogens with zero attached hydrogens (tertiary/aromatic N) is 5. The Bertz CT molecular complexity index is 926. The first-order valence-corrected chi connectivity index (χ1v) is 9.90. The molecule has 3 heterocycles. The molecule has 0 radical (unpaired) electrons. The molecule has 0 bridgehead atoms. The predicted molar refractivity (Wildman–Crippen MR) is 104 cm³/mol. The molecule has 0 spiro atoms. The normalized spacial score (nSPS) is 18.2. The highest BCUT2D eigenvalue weighted by molar-refractivity contribution is 5.67. The van der Waals surface area contributed by atoms with Gasteiger partial charge in [0.05, 0.1) is 7.11 Å². The second-order valence-electron chi connectivity index (χ2n) is 7.73. The number of hydrogen-bond donors (Lipinski definition) is 0. The van der Waals surface area contributed by atoms with Gasteiger partial charge in [-0.25, -0.2) is 4.98 Å². The number of aromatic nitrogens is 4. The molecule has 6 nitrogen and oxygen atoms in total. The Morgan fingerprint density at radius 1 is 1.04 bits per heavy atom. The minimum atomic E-state index is 0.621. The van der Waals surface area contributed by atoms with Crippen LogP contribution in [0, 0.1) is 5.92 Å². The maximum atomic E-state index is 5.73. The largest absolute Gasteiger partial charge is 0.490 e. The first-order valence-electron chi connectivity index (χ1n) is 9.90. The van der Waals surface area contributed by atoms with Crippen molar-refractivity contribution >= 4 is 11.5 Å². The van der Waals surface area contributed by atoms with E-state index >= 15 is 0 Å². The van der Waals surface area contributed by atoms with Crippen LogP contribution < -0.4 is 9.64 Å². The molecule has 6 heteroatoms. The fraction of sp³-hybridized carbons (Fsp3) is 0.476. The van der Waals surface area contributed by atoms with Crippen molar-refractivity contribution in [2.45, 2.75) is 38.0 Å². The van der Waals surface area contributed by atoms with Gasteiger partial charge in [0, 0.05) is 19.5 Å². The van der Waals surface area contributed by atoms with E-state index in [4.69, 9.17) is 9.72 Å². The van der Waals surface area contributed by atoms with Crippen LogP contribution in [-0.4, -0.2) is 39.8 Å². The summed E-state index contributed by atoms with van der Waals surface area (Å²) >= 11 is 0. The van der Waals surface area contributed by atoms with E-state index in [2.05, 4.69) is 45.4 Å². The van der Waals surface area contributed by atoms with E-state index in [1.165, 1.54) is 18.4 Å². The van der Waals surface area contributed by atoms with Crippen LogP contribution in [0.4, 0.5) is 5.82 Å². The highest BCUT2D eigenvalue weighted by Gasteiger charge is 2.27. The van der Waals surface area contributed by atoms with Gasteiger partial charge in [-0.15, -0.1) is 10.2 Å². The molecule has 140 valence electrons. The van der Waals surface area contributed by atoms with Gasteiger partial charge in [-0.2, -0.15) is 0 Å². The molecule has 2 fully saturated rings. The van der Waals surface area contributed by atoms with Crippen molar-refractivity contribution in [2.24, 2.45) is 5.92 Å². The van der Waals surface area contributed by atoms with Gasteiger partial charge in [0.25, 0.3) is 0 Å². The molecular weight excluding hydrogens is 338 g/mol. The standard InChI is InChI=1S/C21H25N5O/c1-27-19-20(22-14-26-18(13-15-7-8-15)23-24-21(19)26)25-11-9-17(10-12-25)16-5-3-2-4-6-16/h2-6,14-15,17H,7-13H2,1H3. The van der Waals surface area contributed by atoms with E-state index in [9.17, 15) is 0 Å². The number of fused-ring (bicyclic) bond motifs is 1. The highest BCUT2D eigenvalue weighted by Crippen LogP contribution is 2.36. The van der Waals surface area contributed by atoms with Crippen molar-refractivity contribution in [1.29, 1.82) is 0 Å². The third kappa shape index (κ3) is 3.13. The topological polar surface area (TPSA) is 55.5 Å². The number of hydrogen-bond acceptors (Lipinski definition) is 5. The van der Waals surface area contributed by atoms with Crippen molar-refractivity contribution in [2.75, 3.05) is 25.1 Å². The summed E-state index contributed by atoms with van der Waals surface area (Å²) in [6.45, 7) is 1.95. The van der Waals surface area contributed by atoms with E-state index in [-0.39, 0.29) is 0 Å². The lowest BCUT2D eigenvalue weighted by Gasteiger charge is -2.33. The third-order valence-electron chi connectivity index (χ3n) is 5.91. The van der Waals surface area contributed by atoms with Crippen LogP contribution in [0.1, 0.15) is 43.0 Å². The fourth-order valence-corrected chi connectivity index (χ4v) is 4.15. The molecule has 27 heavy (non-hydrogen) atoms. The summed E-state index contributed by atoms with van der Waals surface area (Å²) in [6, 6.07) is 10.8. The molecule has 1 aromatic carbocycles. The van der Waals surface area contributed by atoms with Gasteiger partial charge in [-0.1, -0.05) is 30.3 Å². The molecule has 5 rings (SSSR count). The van der Waals surface area contributed by atoms with Crippen LogP contribution in [0.5, 0.6) is 5.75 Å². The van der Waals surface area contributed by atoms with E-state index in [1.807, 2.05) is 10.7 Å². The molecule has 3 aromatic rings. The summed E-state index contributed by atoms with van der Waals surface area (Å²) in [5.41, 5.74) is 2.22. The van der Waals surface area contributed by atoms with Crippen LogP contribution in [0.25, 0.3) is 5.65 Å². The van der Waals surface area contributed by atoms with Gasteiger partial charge in [-0.3, -0.25) is 4.40 Å². The van der Waals surface area contributed by atoms with Crippen molar-refractivity contribution < 1.29 is 4.74 Å². The van der Waals surface area contributed by atoms with E-state index in [0.29, 0.717) is 5.92 Å². The van der Waals surface area contributed by atoms with Gasteiger partial charge >= 0.3 is 0 Å². The van der Waals surface area contributed by atoms with Gasteiger partial charge in [-0.05, 0) is 43.1 Å². The average molecular weight is 363 g/mol. The van der Waals surface area contributed by atoms with Crippen LogP contribution in [0.3, 0.4) is 0 Å². The van der Waals surface area contributed by atoms with Gasteiger partial charge < -0.3 is 9.64 Å². The zero-order chi connectivity index (χ0) is 18.2. The Balaban J connectivity index is 1.38. The predicted octanol–water partition coefficient (Wildman–Crippen LogP) is 3.47. The lowest BCUT2D eigenvalue weighted by atomic mass is 9.89. The fourth-order valence-electron chi connectivity index (χ4n) is 4.15. The van der Waals surface area contributed by atoms with Crippen LogP contribution in [-0.2, 0) is 6.42 Å². The van der Waals surface area contributed by atoms with E-state index < -0.39 is 0 Å². The Hall–Kier alpha value is -2.63. The molecule has 2 aliphatic rings. The summed E-state index contributed by atoms with van der Waals surface area (Å²) in [6.07, 6.45) is 7.70. The van der Waals surface area contributed by atoms with Gasteiger partial charge in [0.15, 0.2) is 5.82 Å². The summed E-state index contributed by atoms with van der Waals surface area (Å²) in [5, 5.41) is 8.81. The van der Waals surface area contributed by atoms with E-state index in [0.717, 1.165) is 61.3 Å². The molecule has 0 amide bonds. The van der Waals surface area contributed by atoms with Crippen LogP contribution >= 0.6 is 0 Å². The zero-order valence-electron chi connectivity index (χ0n) is 15.7. The maximum absolute atomic E-state index is 5.73. The zero-order valence-corrected chi connectivity index (χ0v) is 15.7. The monoisotopic (exact) mass is 363 g/mol. The van der Waals surface area contributed by atoms with Crippen LogP contribution in [0.15, 0.2) is 36.7 Å². The summed E-state index contributed by atoms with van der Waals surface area (Å²) < 4.78 is 7.73. The Morgan fingerprint density at radius 3 is 2.52 bits per heavy atom. The molecule has 0 N–H and O–H groups in total. The second kappa shape index (κ2) is 6.83. The first kappa shape index (κ1) is 16.5. The average Bonchev–Trinajstić information content (AvgIpc) is 3.46. The summed E-state index contributed by atoms with van der Waals surface area (Å²) in [5.74, 6) is 4.01. The second-order valence-corrected chi connectivity index (χ2v) is 7.73. The molecule has 1 aliphatic carbocycles. The lowest BCUT2D eigenvalue weighted by Crippen LogP contribution is -2.34. The lowest BCUT2D eigenvalue weighted by molar-refractivity contribution is 0.410. The summed E-state index contributed by atoms with van der Waals surface area (Å²) in [4.78, 5) is 7.07. The molecule has 1 saturated heterocycles. The first-order chi connectivity index (χ1) is 13.3. The Kier molecular flexibility index (Phi) is 4.19. The summed E-state index contributed by atoms with van der Waals surface area (Å²) in [7, 11) is 1.70. The molecule has 1 aliphatic heterocycles. The minimum absolute atomic E-state index is 0.621. The van der Waals surface area contributed by atoms with Crippen molar-refractivity contribution in [3.63, 3.8) is 0 Å². The molecule has 2 aromatic heterocycles. The molecule has 1 saturated carbocycles. The Labute approximate surface area is 159 Å². The van der Waals surface area contributed by atoms with E-state index in [1.54, 1.807) is 7.11 Å². The smallest absolute Gasteiger partial charge is 0.208 e. The number of piperidine rings is 1. The van der Waals surface area contributed by atoms with Gasteiger partial charge in [0.1, 0.15) is 12.2 Å². The number of rotatable bonds is 5. The third-order valence-corrected chi connectivity index (χ3v) is 5.91. The Morgan fingerprint density at radius 2 is 1.81 bits per heavy atom. The number of benzene rings is 1. The SMILES string of the molecule is COc1c(N2CCC(c3ccccc3)CC2)ncn2c(CC3CC3)nnc12. The number of ether oxygens (including phenoxy) is 1. The maximum Gasteiger partial charge on any atom is 0.208 e. The van der Waals surface area contributed by atoms with Crippen LogP contribution in [0.2, 0.25) is 0 Å². The van der Waals surface area contributed by atoms with Crippen molar-refractivity contribution in [3.8, 4) is 5.75 Å². The molecular formula is C21H25N5O. The quantitative estimate of drug-likeness (QED) is 0.695. The highest BCUT2D eigenvalue weighted by atomic mass is 16.5. The number of methoxy groups -OCH3 is 1. The van der Waals surface area contributed by atoms with Crippen molar-refractivity contribution in [1.82, 2.24) is 19.6 Å². The molecule has 0 atom stereocenters.